The van der Waals surface area contributed by atoms with Crippen LogP contribution in [0.3, 0.4) is 0 Å². The van der Waals surface area contributed by atoms with Crippen molar-refractivity contribution in [2.75, 3.05) is 21.3 Å². The molecule has 0 aromatic carbocycles. The topological polar surface area (TPSA) is 27.7 Å². The van der Waals surface area contributed by atoms with Gasteiger partial charge in [-0.25, -0.2) is 0 Å². The molecular weight excluding hydrogens is 299 g/mol. The molecule has 0 amide bonds. The molecule has 0 spiro atoms. The Morgan fingerprint density at radius 1 is 0.944 bits per heavy atom. The molecule has 0 aromatic heterocycles. The van der Waals surface area contributed by atoms with Crippen molar-refractivity contribution >= 4 is 19.0 Å². The summed E-state index contributed by atoms with van der Waals surface area (Å²) in [7, 11) is -8.18. The van der Waals surface area contributed by atoms with E-state index in [0.717, 1.165) is 0 Å². The van der Waals surface area contributed by atoms with Crippen LogP contribution in [0.15, 0.2) is 11.5 Å². The Labute approximate surface area is 104 Å². The van der Waals surface area contributed by atoms with Crippen LogP contribution < -0.4 is 0 Å². The van der Waals surface area contributed by atoms with Crippen molar-refractivity contribution in [1.82, 2.24) is 0 Å². The fourth-order valence-electron chi connectivity index (χ4n) is 1.24. The van der Waals surface area contributed by atoms with Crippen molar-refractivity contribution in [3.05, 3.63) is 11.5 Å². The Morgan fingerprint density at radius 2 is 1.39 bits per heavy atom. The zero-order chi connectivity index (χ0) is 14.6. The van der Waals surface area contributed by atoms with E-state index in [-0.39, 0.29) is 18.9 Å². The fourth-order valence-corrected chi connectivity index (χ4v) is 3.49. The summed E-state index contributed by atoms with van der Waals surface area (Å²) in [6, 6.07) is 0.251. The monoisotopic (exact) mass is 316 g/mol. The van der Waals surface area contributed by atoms with Crippen molar-refractivity contribution in [1.29, 1.82) is 0 Å². The molecule has 0 aliphatic heterocycles. The third-order valence-corrected chi connectivity index (χ3v) is 5.68. The zero-order valence-corrected chi connectivity index (χ0v) is 12.1. The van der Waals surface area contributed by atoms with E-state index in [4.69, 9.17) is 13.3 Å². The van der Waals surface area contributed by atoms with Gasteiger partial charge in [0.05, 0.1) is 5.41 Å². The molecule has 0 aromatic rings. The van der Waals surface area contributed by atoms with Gasteiger partial charge in [0.1, 0.15) is 0 Å². The first-order chi connectivity index (χ1) is 7.87. The Kier molecular flexibility index (Phi) is 5.03. The third kappa shape index (κ3) is 8.03. The number of hydrogen-bond acceptors (Lipinski definition) is 3. The molecule has 18 heavy (non-hydrogen) atoms. The van der Waals surface area contributed by atoms with Crippen molar-refractivity contribution in [2.24, 2.45) is 0 Å². The van der Waals surface area contributed by atoms with Crippen molar-refractivity contribution < 1.29 is 32.7 Å². The van der Waals surface area contributed by atoms with Gasteiger partial charge in [0, 0.05) is 27.4 Å². The normalized spacial score (nSPS) is 17.8. The molecular formula is C8H17F5O3SSi. The first-order valence-electron chi connectivity index (χ1n) is 4.94. The Balaban J connectivity index is 4.28. The minimum Gasteiger partial charge on any atom is -0.377 e. The summed E-state index contributed by atoms with van der Waals surface area (Å²) in [5.41, 5.74) is 0. The predicted octanol–water partition coefficient (Wildman–Crippen LogP) is 4.46. The summed E-state index contributed by atoms with van der Waals surface area (Å²) in [5, 5.41) is -0.935. The van der Waals surface area contributed by atoms with E-state index >= 15 is 0 Å². The van der Waals surface area contributed by atoms with Gasteiger partial charge < -0.3 is 13.3 Å². The second-order valence-corrected chi connectivity index (χ2v) is 9.01. The van der Waals surface area contributed by atoms with Crippen LogP contribution >= 0.6 is 10.2 Å². The second kappa shape index (κ2) is 5.08. The van der Waals surface area contributed by atoms with E-state index in [1.54, 1.807) is 0 Å². The van der Waals surface area contributed by atoms with E-state index in [2.05, 4.69) is 0 Å². The maximum Gasteiger partial charge on any atom is 0.500 e. The summed E-state index contributed by atoms with van der Waals surface area (Å²) < 4.78 is 74.7. The summed E-state index contributed by atoms with van der Waals surface area (Å²) >= 11 is 0. The standard InChI is InChI=1S/C8H17F5O3SSi/c1-14-18(15-2,16-3)8-6-4-5-7-17(9,10,11,12)13/h5,7H,4,6,8H2,1-3H3. The quantitative estimate of drug-likeness (QED) is 0.376. The van der Waals surface area contributed by atoms with Gasteiger partial charge in [0.15, 0.2) is 0 Å². The molecule has 10 heteroatoms. The van der Waals surface area contributed by atoms with Crippen LogP contribution in [0.25, 0.3) is 0 Å². The Morgan fingerprint density at radius 3 is 1.72 bits per heavy atom. The Bertz CT molecular complexity index is 292. The van der Waals surface area contributed by atoms with E-state index in [1.165, 1.54) is 21.3 Å². The van der Waals surface area contributed by atoms with Crippen LogP contribution in [-0.2, 0) is 13.3 Å². The van der Waals surface area contributed by atoms with Crippen LogP contribution in [0.4, 0.5) is 19.4 Å². The molecule has 0 unspecified atom stereocenters. The maximum absolute atomic E-state index is 11.9. The summed E-state index contributed by atoms with van der Waals surface area (Å²) in [5.74, 6) is 0. The highest BCUT2D eigenvalue weighted by molar-refractivity contribution is 8.48. The van der Waals surface area contributed by atoms with Crippen LogP contribution in [0.5, 0.6) is 0 Å². The summed E-state index contributed by atoms with van der Waals surface area (Å²) in [6.07, 6.45) is 0.463. The van der Waals surface area contributed by atoms with Gasteiger partial charge in [-0.2, -0.15) is 0 Å². The van der Waals surface area contributed by atoms with Gasteiger partial charge in [0.25, 0.3) is 0 Å². The van der Waals surface area contributed by atoms with Gasteiger partial charge >= 0.3 is 19.0 Å². The van der Waals surface area contributed by atoms with E-state index in [0.29, 0.717) is 6.08 Å². The van der Waals surface area contributed by atoms with Gasteiger partial charge in [-0.3, -0.25) is 0 Å². The highest BCUT2D eigenvalue weighted by Gasteiger charge is 2.60. The highest BCUT2D eigenvalue weighted by atomic mass is 32.5. The lowest BCUT2D eigenvalue weighted by atomic mass is 10.3. The van der Waals surface area contributed by atoms with E-state index in [9.17, 15) is 19.4 Å². The van der Waals surface area contributed by atoms with Crippen LogP contribution in [0.2, 0.25) is 6.04 Å². The second-order valence-electron chi connectivity index (χ2n) is 3.59. The highest BCUT2D eigenvalue weighted by Crippen LogP contribution is 2.98. The Hall–Kier alpha value is -0.163. The lowest BCUT2D eigenvalue weighted by molar-refractivity contribution is 0.123. The molecule has 0 radical (unpaired) electrons. The maximum atomic E-state index is 11.9. The van der Waals surface area contributed by atoms with Crippen molar-refractivity contribution in [2.45, 2.75) is 18.9 Å². The number of halogens is 5. The number of rotatable bonds is 8. The molecule has 0 heterocycles. The lowest BCUT2D eigenvalue weighted by Gasteiger charge is -2.36. The smallest absolute Gasteiger partial charge is 0.377 e. The molecule has 0 bridgehead atoms. The molecule has 3 nitrogen and oxygen atoms in total. The average molecular weight is 316 g/mol. The number of unbranched alkanes of at least 4 members (excludes halogenated alkanes) is 1. The van der Waals surface area contributed by atoms with Gasteiger partial charge in [-0.15, -0.1) is 0 Å². The van der Waals surface area contributed by atoms with Crippen molar-refractivity contribution in [3.63, 3.8) is 0 Å². The first-order valence-corrected chi connectivity index (χ1v) is 8.89. The molecule has 0 saturated heterocycles. The zero-order valence-electron chi connectivity index (χ0n) is 10.3. The molecule has 0 aliphatic carbocycles. The molecule has 0 fully saturated rings. The predicted molar refractivity (Wildman–Crippen MR) is 63.1 cm³/mol. The number of allylic oxidation sites excluding steroid dienone is 1. The van der Waals surface area contributed by atoms with Gasteiger partial charge in [0.2, 0.25) is 0 Å². The molecule has 0 N–H and O–H groups in total. The van der Waals surface area contributed by atoms with Gasteiger partial charge in [-0.05, 0) is 12.8 Å². The minimum atomic E-state index is -9.43. The molecule has 112 valence electrons. The first kappa shape index (κ1) is 17.8. The summed E-state index contributed by atoms with van der Waals surface area (Å²) in [4.78, 5) is 0. The van der Waals surface area contributed by atoms with Crippen LogP contribution in [0.1, 0.15) is 12.8 Å². The molecule has 0 aliphatic rings. The SMILES string of the molecule is CO[Si](CCCC=CS(F)(F)(F)(F)F)(OC)OC. The fraction of sp³-hybridized carbons (Fsp3) is 0.750. The minimum absolute atomic E-state index is 0.156. The average Bonchev–Trinajstić information content (AvgIpc) is 2.21. The van der Waals surface area contributed by atoms with Crippen LogP contribution in [0, 0.1) is 0 Å². The van der Waals surface area contributed by atoms with Crippen LogP contribution in [-0.4, -0.2) is 30.1 Å². The lowest BCUT2D eigenvalue weighted by Crippen LogP contribution is -2.42. The van der Waals surface area contributed by atoms with Crippen molar-refractivity contribution in [3.8, 4) is 0 Å². The van der Waals surface area contributed by atoms with E-state index < -0.39 is 24.4 Å². The molecule has 0 atom stereocenters. The molecule has 0 saturated carbocycles. The third-order valence-electron chi connectivity index (χ3n) is 2.14. The largest absolute Gasteiger partial charge is 0.500 e. The van der Waals surface area contributed by atoms with E-state index in [1.807, 2.05) is 0 Å². The van der Waals surface area contributed by atoms with Gasteiger partial charge in [-0.1, -0.05) is 25.5 Å². The summed E-state index contributed by atoms with van der Waals surface area (Å²) in [6.45, 7) is 0. The molecule has 0 rings (SSSR count). The number of hydrogen-bond donors (Lipinski definition) is 0.